The molecule has 0 bridgehead atoms. The number of nitrogens with two attached hydrogens (primary N) is 1. The zero-order valence-corrected chi connectivity index (χ0v) is 11.3. The van der Waals surface area contributed by atoms with Gasteiger partial charge < -0.3 is 25.9 Å². The summed E-state index contributed by atoms with van der Waals surface area (Å²) in [5.74, 6) is 1.98. The predicted octanol–water partition coefficient (Wildman–Crippen LogP) is -1.09. The molecule has 1 saturated heterocycles. The predicted molar refractivity (Wildman–Crippen MR) is 68.5 cm³/mol. The molecule has 10 heteroatoms. The second kappa shape index (κ2) is 5.16. The lowest BCUT2D eigenvalue weighted by Crippen LogP contribution is -2.47. The number of alkyl halides is 2. The van der Waals surface area contributed by atoms with Crippen molar-refractivity contribution in [2.24, 2.45) is 5.16 Å². The molecule has 1 aliphatic heterocycles. The highest BCUT2D eigenvalue weighted by atomic mass is 35.5. The van der Waals surface area contributed by atoms with E-state index in [9.17, 15) is 14.6 Å². The quantitative estimate of drug-likeness (QED) is 0.238. The van der Waals surface area contributed by atoms with Crippen LogP contribution < -0.4 is 11.4 Å². The topological polar surface area (TPSA) is 126 Å². The molecule has 8 nitrogen and oxygen atoms in total. The minimum atomic E-state index is -2.89. The largest absolute Gasteiger partial charge is 0.408 e. The van der Waals surface area contributed by atoms with Crippen LogP contribution in [0.3, 0.4) is 0 Å². The SMILES string of the molecule is C#C[C@]1(CO)O[C@@H](n2ccc(N)n/c2=N\O)[C@@](F)(Cl)[C@@H]1O. The molecular formula is C11H12ClFN4O4. The maximum absolute atomic E-state index is 14.6. The normalized spacial score (nSPS) is 36.6. The van der Waals surface area contributed by atoms with E-state index in [0.29, 0.717) is 0 Å². The van der Waals surface area contributed by atoms with Gasteiger partial charge in [-0.2, -0.15) is 4.98 Å². The van der Waals surface area contributed by atoms with Crippen LogP contribution in [0.15, 0.2) is 17.4 Å². The summed E-state index contributed by atoms with van der Waals surface area (Å²) in [6.45, 7) is -0.867. The van der Waals surface area contributed by atoms with Crippen molar-refractivity contribution in [2.75, 3.05) is 12.3 Å². The highest BCUT2D eigenvalue weighted by Crippen LogP contribution is 2.48. The minimum absolute atomic E-state index is 0.00185. The number of aliphatic hydroxyl groups excluding tert-OH is 2. The summed E-state index contributed by atoms with van der Waals surface area (Å²) in [6, 6.07) is 1.27. The number of halogens is 2. The Morgan fingerprint density at radius 2 is 2.38 bits per heavy atom. The first kappa shape index (κ1) is 15.5. The maximum atomic E-state index is 14.6. The van der Waals surface area contributed by atoms with Crippen molar-refractivity contribution in [3.8, 4) is 12.3 Å². The molecule has 0 spiro atoms. The summed E-state index contributed by atoms with van der Waals surface area (Å²) in [5, 5.41) is 28.1. The van der Waals surface area contributed by atoms with E-state index < -0.39 is 35.3 Å². The van der Waals surface area contributed by atoms with Gasteiger partial charge in [-0.05, 0) is 11.2 Å². The third-order valence-corrected chi connectivity index (χ3v) is 3.54. The van der Waals surface area contributed by atoms with Crippen LogP contribution >= 0.6 is 11.6 Å². The zero-order valence-electron chi connectivity index (χ0n) is 10.5. The van der Waals surface area contributed by atoms with Gasteiger partial charge in [-0.3, -0.25) is 4.57 Å². The Morgan fingerprint density at radius 1 is 1.71 bits per heavy atom. The van der Waals surface area contributed by atoms with E-state index in [0.717, 1.165) is 4.57 Å². The molecular weight excluding hydrogens is 307 g/mol. The molecule has 0 amide bonds. The molecule has 0 saturated carbocycles. The van der Waals surface area contributed by atoms with Crippen molar-refractivity contribution in [1.29, 1.82) is 0 Å². The van der Waals surface area contributed by atoms with Crippen LogP contribution in [0.2, 0.25) is 0 Å². The highest BCUT2D eigenvalue weighted by Gasteiger charge is 2.64. The van der Waals surface area contributed by atoms with E-state index >= 15 is 0 Å². The molecule has 4 atom stereocenters. The fourth-order valence-corrected chi connectivity index (χ4v) is 2.33. The van der Waals surface area contributed by atoms with Gasteiger partial charge in [-0.15, -0.1) is 6.42 Å². The molecule has 0 aliphatic carbocycles. The number of anilines is 1. The number of aromatic nitrogens is 2. The Kier molecular flexibility index (Phi) is 3.81. The standard InChI is InChI=1S/C11H12ClFN4O4/c1-2-10(5-18)7(19)11(12,13)8(21-10)17-4-3-6(14)15-9(17)16-20/h1,3-4,7-8,18-20H,5H2,(H2,14,15,16)/t7-,8-,10-,11-/m1/s1. The number of nitrogen functional groups attached to an aromatic ring is 1. The fraction of sp³-hybridized carbons (Fsp3) is 0.455. The molecule has 2 heterocycles. The van der Waals surface area contributed by atoms with Crippen LogP contribution in [-0.4, -0.2) is 48.4 Å². The number of ether oxygens (including phenoxy) is 1. The molecule has 1 aromatic heterocycles. The number of rotatable bonds is 2. The summed E-state index contributed by atoms with van der Waals surface area (Å²) in [4.78, 5) is 3.65. The first-order valence-electron chi connectivity index (χ1n) is 5.67. The van der Waals surface area contributed by atoms with Crippen molar-refractivity contribution in [2.45, 2.75) is 23.1 Å². The number of aliphatic hydroxyl groups is 2. The van der Waals surface area contributed by atoms with Gasteiger partial charge in [0.2, 0.25) is 0 Å². The first-order chi connectivity index (χ1) is 9.82. The van der Waals surface area contributed by atoms with Crippen LogP contribution in [0.4, 0.5) is 10.2 Å². The molecule has 21 heavy (non-hydrogen) atoms. The van der Waals surface area contributed by atoms with Crippen molar-refractivity contribution in [1.82, 2.24) is 9.55 Å². The van der Waals surface area contributed by atoms with Crippen LogP contribution in [0, 0.1) is 12.3 Å². The van der Waals surface area contributed by atoms with E-state index in [4.69, 9.17) is 33.7 Å². The molecule has 1 aromatic rings. The van der Waals surface area contributed by atoms with E-state index in [1.165, 1.54) is 12.3 Å². The van der Waals surface area contributed by atoms with E-state index in [2.05, 4.69) is 10.1 Å². The Morgan fingerprint density at radius 3 is 2.86 bits per heavy atom. The summed E-state index contributed by atoms with van der Waals surface area (Å²) in [5.41, 5.74) is 2.96. The van der Waals surface area contributed by atoms with Gasteiger partial charge in [-0.1, -0.05) is 17.5 Å². The smallest absolute Gasteiger partial charge is 0.270 e. The number of hydrogen-bond acceptors (Lipinski definition) is 7. The third kappa shape index (κ3) is 2.22. The summed E-state index contributed by atoms with van der Waals surface area (Å²) in [7, 11) is 0. The van der Waals surface area contributed by atoms with Crippen molar-refractivity contribution >= 4 is 17.4 Å². The first-order valence-corrected chi connectivity index (χ1v) is 6.05. The Bertz CT molecular complexity index is 658. The van der Waals surface area contributed by atoms with Gasteiger partial charge in [0.1, 0.15) is 11.9 Å². The minimum Gasteiger partial charge on any atom is -0.408 e. The number of terminal acetylenes is 1. The van der Waals surface area contributed by atoms with Gasteiger partial charge in [0.25, 0.3) is 10.7 Å². The van der Waals surface area contributed by atoms with Gasteiger partial charge >= 0.3 is 0 Å². The highest BCUT2D eigenvalue weighted by molar-refractivity contribution is 6.23. The Hall–Kier alpha value is -1.86. The Labute approximate surface area is 123 Å². The summed E-state index contributed by atoms with van der Waals surface area (Å²) in [6.07, 6.45) is 2.66. The van der Waals surface area contributed by atoms with Crippen LogP contribution in [0.25, 0.3) is 0 Å². The van der Waals surface area contributed by atoms with Gasteiger partial charge in [-0.25, -0.2) is 4.39 Å². The van der Waals surface area contributed by atoms with Crippen molar-refractivity contribution in [3.05, 3.63) is 17.9 Å². The number of hydrogen-bond donors (Lipinski definition) is 4. The molecule has 1 aliphatic rings. The van der Waals surface area contributed by atoms with Gasteiger partial charge in [0, 0.05) is 6.20 Å². The second-order valence-corrected chi connectivity index (χ2v) is 4.98. The second-order valence-electron chi connectivity index (χ2n) is 4.40. The van der Waals surface area contributed by atoms with Crippen LogP contribution in [0.5, 0.6) is 0 Å². The molecule has 114 valence electrons. The summed E-state index contributed by atoms with van der Waals surface area (Å²) >= 11 is 5.68. The van der Waals surface area contributed by atoms with Gasteiger partial charge in [0.05, 0.1) is 6.61 Å². The molecule has 5 N–H and O–H groups in total. The molecule has 1 fully saturated rings. The third-order valence-electron chi connectivity index (χ3n) is 3.14. The van der Waals surface area contributed by atoms with Crippen LogP contribution in [0.1, 0.15) is 6.23 Å². The van der Waals surface area contributed by atoms with E-state index in [1.807, 2.05) is 5.92 Å². The van der Waals surface area contributed by atoms with Crippen molar-refractivity contribution in [3.63, 3.8) is 0 Å². The van der Waals surface area contributed by atoms with Gasteiger partial charge in [0.15, 0.2) is 11.8 Å². The Balaban J connectivity index is 2.59. The summed E-state index contributed by atoms with van der Waals surface area (Å²) < 4.78 is 20.7. The van der Waals surface area contributed by atoms with Crippen molar-refractivity contribution < 1.29 is 24.5 Å². The number of nitrogens with zero attached hydrogens (tertiary/aromatic N) is 3. The average Bonchev–Trinajstić information content (AvgIpc) is 2.68. The average molecular weight is 319 g/mol. The lowest BCUT2D eigenvalue weighted by Gasteiger charge is -2.24. The molecule has 2 rings (SSSR count). The zero-order chi connectivity index (χ0) is 15.8. The molecule has 0 unspecified atom stereocenters. The monoisotopic (exact) mass is 318 g/mol. The van der Waals surface area contributed by atoms with E-state index in [1.54, 1.807) is 0 Å². The lowest BCUT2D eigenvalue weighted by atomic mass is 9.97. The maximum Gasteiger partial charge on any atom is 0.270 e. The lowest BCUT2D eigenvalue weighted by molar-refractivity contribution is -0.0936. The fourth-order valence-electron chi connectivity index (χ4n) is 2.00. The van der Waals surface area contributed by atoms with E-state index in [-0.39, 0.29) is 5.82 Å². The molecule has 0 radical (unpaired) electrons. The molecule has 0 aromatic carbocycles. The van der Waals surface area contributed by atoms with Crippen LogP contribution in [-0.2, 0) is 4.74 Å².